The Morgan fingerprint density at radius 2 is 1.52 bits per heavy atom. The van der Waals surface area contributed by atoms with Crippen molar-refractivity contribution in [3.05, 3.63) is 174 Å². The predicted octanol–water partition coefficient (Wildman–Crippen LogP) is 9.08. The van der Waals surface area contributed by atoms with Gasteiger partial charge < -0.3 is 9.47 Å². The summed E-state index contributed by atoms with van der Waals surface area (Å²) in [4.78, 5) is 8.05. The number of hydrogen-bond acceptors (Lipinski definition) is 3. The van der Waals surface area contributed by atoms with Gasteiger partial charge in [0, 0.05) is 56.7 Å². The van der Waals surface area contributed by atoms with E-state index in [1.807, 2.05) is 0 Å². The summed E-state index contributed by atoms with van der Waals surface area (Å²) in [6.07, 6.45) is 33.9. The van der Waals surface area contributed by atoms with Gasteiger partial charge in [-0.3, -0.25) is 5.32 Å². The van der Waals surface area contributed by atoms with Crippen LogP contribution in [0.2, 0.25) is 0 Å². The second kappa shape index (κ2) is 13.1. The van der Waals surface area contributed by atoms with E-state index >= 15 is 0 Å². The molecule has 7 unspecified atom stereocenters. The van der Waals surface area contributed by atoms with Crippen LogP contribution in [0.4, 0.5) is 5.69 Å². The largest absolute Gasteiger partial charge is 0.357 e. The Kier molecular flexibility index (Phi) is 7.77. The number of hydrogen-bond donors (Lipinski definition) is 2. The Bertz CT molecular complexity index is 2440. The molecule has 7 atom stereocenters. The number of amidine groups is 1. The van der Waals surface area contributed by atoms with E-state index in [0.29, 0.717) is 29.8 Å². The SMILES string of the molecule is C1=CC2C3C=CC=CC3N(c3cccc4cc5c(cc34)c3c(n5-c4ccc(C5=NC(C6C=CCCC6)NC(c6ccccc6)[NH2+]5)cc4)CCC=C3)C2C=C1. The van der Waals surface area contributed by atoms with Gasteiger partial charge in [0.2, 0.25) is 5.84 Å². The smallest absolute Gasteiger partial charge is 0.230 e. The van der Waals surface area contributed by atoms with Crippen LogP contribution < -0.4 is 15.5 Å². The highest BCUT2D eigenvalue weighted by Gasteiger charge is 2.46. The molecule has 4 aliphatic carbocycles. The van der Waals surface area contributed by atoms with E-state index in [1.165, 1.54) is 74.7 Å². The molecular weight excluding hydrogens is 659 g/mol. The van der Waals surface area contributed by atoms with Crippen LogP contribution in [0, 0.1) is 17.8 Å². The normalized spacial score (nSPS) is 28.0. The van der Waals surface area contributed by atoms with Crippen molar-refractivity contribution in [3.8, 4) is 5.69 Å². The Morgan fingerprint density at radius 1 is 0.722 bits per heavy atom. The molecule has 5 heteroatoms. The molecule has 0 amide bonds. The maximum atomic E-state index is 5.35. The highest BCUT2D eigenvalue weighted by atomic mass is 15.3. The number of aromatic nitrogens is 1. The topological polar surface area (TPSA) is 49.2 Å². The van der Waals surface area contributed by atoms with Gasteiger partial charge in [0.15, 0.2) is 6.17 Å². The van der Waals surface area contributed by atoms with Crippen LogP contribution in [-0.2, 0) is 6.42 Å². The molecule has 4 aromatic carbocycles. The van der Waals surface area contributed by atoms with Gasteiger partial charge >= 0.3 is 0 Å². The van der Waals surface area contributed by atoms with Gasteiger partial charge in [-0.25, -0.2) is 10.3 Å². The first kappa shape index (κ1) is 32.0. The molecule has 0 spiro atoms. The van der Waals surface area contributed by atoms with Crippen LogP contribution in [0.1, 0.15) is 54.2 Å². The number of aliphatic imine (C=N–C) groups is 1. The number of rotatable bonds is 5. The Morgan fingerprint density at radius 3 is 2.30 bits per heavy atom. The molecule has 266 valence electrons. The van der Waals surface area contributed by atoms with Gasteiger partial charge in [-0.05, 0) is 80.0 Å². The lowest BCUT2D eigenvalue weighted by molar-refractivity contribution is -0.600. The van der Waals surface area contributed by atoms with Gasteiger partial charge in [0.05, 0.1) is 23.2 Å². The summed E-state index contributed by atoms with van der Waals surface area (Å²) in [5.74, 6) is 2.45. The Labute approximate surface area is 317 Å². The lowest BCUT2D eigenvalue weighted by Gasteiger charge is -2.33. The minimum absolute atomic E-state index is 0.0605. The monoisotopic (exact) mass is 704 g/mol. The van der Waals surface area contributed by atoms with E-state index in [4.69, 9.17) is 4.99 Å². The van der Waals surface area contributed by atoms with Gasteiger partial charge in [0.25, 0.3) is 0 Å². The molecular formula is C49H46N5+. The number of quaternary nitrogens is 1. The summed E-state index contributed by atoms with van der Waals surface area (Å²) in [7, 11) is 0. The number of fused-ring (bicyclic) bond motifs is 7. The lowest BCUT2D eigenvalue weighted by atomic mass is 9.83. The number of nitrogens with zero attached hydrogens (tertiary/aromatic N) is 3. The average molecular weight is 705 g/mol. The first-order chi connectivity index (χ1) is 26.8. The third-order valence-electron chi connectivity index (χ3n) is 12.8. The van der Waals surface area contributed by atoms with Crippen molar-refractivity contribution < 1.29 is 5.32 Å². The molecule has 0 bridgehead atoms. The summed E-state index contributed by atoms with van der Waals surface area (Å²) >= 11 is 0. The third kappa shape index (κ3) is 5.25. The van der Waals surface area contributed by atoms with Crippen molar-refractivity contribution in [1.82, 2.24) is 9.88 Å². The van der Waals surface area contributed by atoms with E-state index in [0.717, 1.165) is 18.7 Å². The first-order valence-corrected chi connectivity index (χ1v) is 20.0. The summed E-state index contributed by atoms with van der Waals surface area (Å²) in [5, 5.41) is 10.1. The molecule has 1 saturated heterocycles. The number of anilines is 1. The average Bonchev–Trinajstić information content (AvgIpc) is 3.75. The van der Waals surface area contributed by atoms with Crippen molar-refractivity contribution in [2.24, 2.45) is 22.7 Å². The number of allylic oxidation sites excluding steroid dienone is 6. The van der Waals surface area contributed by atoms with Crippen LogP contribution in [0.3, 0.4) is 0 Å². The van der Waals surface area contributed by atoms with Gasteiger partial charge in [-0.2, -0.15) is 0 Å². The van der Waals surface area contributed by atoms with Crippen LogP contribution in [0.5, 0.6) is 0 Å². The molecule has 1 aromatic heterocycles. The minimum Gasteiger partial charge on any atom is -0.357 e. The number of nitrogens with two attached hydrogens (primary N) is 1. The molecule has 0 radical (unpaired) electrons. The highest BCUT2D eigenvalue weighted by Crippen LogP contribution is 2.47. The van der Waals surface area contributed by atoms with E-state index in [2.05, 4.69) is 178 Å². The molecule has 5 aromatic rings. The maximum Gasteiger partial charge on any atom is 0.230 e. The van der Waals surface area contributed by atoms with E-state index < -0.39 is 0 Å². The summed E-state index contributed by atoms with van der Waals surface area (Å²) in [5.41, 5.74) is 9.03. The molecule has 3 N–H and O–H groups in total. The molecule has 1 fully saturated rings. The lowest BCUT2D eigenvalue weighted by Crippen LogP contribution is -2.94. The van der Waals surface area contributed by atoms with Crippen LogP contribution in [0.15, 0.2) is 157 Å². The fourth-order valence-corrected chi connectivity index (χ4v) is 10.3. The second-order valence-electron chi connectivity index (χ2n) is 15.8. The summed E-state index contributed by atoms with van der Waals surface area (Å²) in [6, 6.07) is 32.6. The Balaban J connectivity index is 0.992. The molecule has 6 aliphatic rings. The van der Waals surface area contributed by atoms with Crippen molar-refractivity contribution >= 4 is 39.3 Å². The standard InChI is InChI=1S/C49H45N5/c1-3-14-32(15-4-1)47-50-48(33-16-5-2-6-17-33)52-49(51-47)34-26-28-36(29-27-34)53-42-22-10-9-21-39(42)41-31-40-35(30-46(41)53)18-13-25-45(40)54-43-23-11-7-19-37(43)38-20-8-12-24-44(38)54/h1,3-5,7-9,11-16,18-21,23-31,33,37-38,43-44,47-48,50H,2,6,10,17,22H2,(H,51,52)/p+1. The molecule has 2 aliphatic heterocycles. The molecule has 54 heavy (non-hydrogen) atoms. The fraction of sp³-hybridized carbons (Fsp3) is 0.245. The summed E-state index contributed by atoms with van der Waals surface area (Å²) < 4.78 is 2.53. The number of nitrogens with one attached hydrogen (secondary N) is 1. The van der Waals surface area contributed by atoms with Crippen LogP contribution in [0.25, 0.3) is 33.4 Å². The fourth-order valence-electron chi connectivity index (χ4n) is 10.3. The zero-order valence-corrected chi connectivity index (χ0v) is 30.5. The molecule has 11 rings (SSSR count). The van der Waals surface area contributed by atoms with Crippen molar-refractivity contribution in [3.63, 3.8) is 0 Å². The van der Waals surface area contributed by atoms with E-state index in [1.54, 1.807) is 0 Å². The predicted molar refractivity (Wildman–Crippen MR) is 223 cm³/mol. The zero-order valence-electron chi connectivity index (χ0n) is 30.5. The van der Waals surface area contributed by atoms with E-state index in [-0.39, 0.29) is 12.3 Å². The van der Waals surface area contributed by atoms with Gasteiger partial charge in [-0.1, -0.05) is 115 Å². The first-order valence-electron chi connectivity index (χ1n) is 20.0. The quantitative estimate of drug-likeness (QED) is 0.180. The van der Waals surface area contributed by atoms with Gasteiger partial charge in [0.1, 0.15) is 6.17 Å². The second-order valence-corrected chi connectivity index (χ2v) is 15.8. The third-order valence-corrected chi connectivity index (χ3v) is 12.8. The maximum absolute atomic E-state index is 5.35. The van der Waals surface area contributed by atoms with Crippen molar-refractivity contribution in [2.45, 2.75) is 56.5 Å². The zero-order chi connectivity index (χ0) is 35.6. The molecule has 3 heterocycles. The highest BCUT2D eigenvalue weighted by molar-refractivity contribution is 6.07. The molecule has 0 saturated carbocycles. The van der Waals surface area contributed by atoms with Crippen molar-refractivity contribution in [2.75, 3.05) is 4.90 Å². The van der Waals surface area contributed by atoms with Gasteiger partial charge in [-0.15, -0.1) is 0 Å². The van der Waals surface area contributed by atoms with Crippen LogP contribution >= 0.6 is 0 Å². The number of benzene rings is 4. The Hall–Kier alpha value is -5.49. The van der Waals surface area contributed by atoms with E-state index in [9.17, 15) is 0 Å². The molecule has 5 nitrogen and oxygen atoms in total. The minimum atomic E-state index is 0.0605. The van der Waals surface area contributed by atoms with Crippen LogP contribution in [-0.4, -0.2) is 28.7 Å². The summed E-state index contributed by atoms with van der Waals surface area (Å²) in [6.45, 7) is 0. The van der Waals surface area contributed by atoms with Crippen molar-refractivity contribution in [1.29, 1.82) is 0 Å².